The summed E-state index contributed by atoms with van der Waals surface area (Å²) in [6, 6.07) is 12.5. The van der Waals surface area contributed by atoms with Gasteiger partial charge in [-0.05, 0) is 91.9 Å². The number of fused-ring (bicyclic) bond motifs is 1. The van der Waals surface area contributed by atoms with Crippen molar-refractivity contribution < 1.29 is 4.39 Å². The van der Waals surface area contributed by atoms with Crippen molar-refractivity contribution in [1.82, 2.24) is 30.1 Å². The monoisotopic (exact) mass is 489 g/mol. The summed E-state index contributed by atoms with van der Waals surface area (Å²) in [6.45, 7) is 12.7. The summed E-state index contributed by atoms with van der Waals surface area (Å²) >= 11 is 0. The summed E-state index contributed by atoms with van der Waals surface area (Å²) in [5, 5.41) is 13.6. The topological polar surface area (TPSA) is 82.9 Å². The zero-order valence-corrected chi connectivity index (χ0v) is 21.4. The van der Waals surface area contributed by atoms with E-state index in [1.807, 2.05) is 50.8 Å². The number of tetrazole rings is 1. The lowest BCUT2D eigenvalue weighted by Crippen LogP contribution is -2.49. The van der Waals surface area contributed by atoms with Crippen LogP contribution in [0.4, 0.5) is 10.1 Å². The third kappa shape index (κ3) is 4.39. The molecule has 188 valence electrons. The van der Waals surface area contributed by atoms with Crippen LogP contribution in [0.25, 0.3) is 10.9 Å². The molecule has 1 unspecified atom stereocenters. The molecule has 0 amide bonds. The van der Waals surface area contributed by atoms with Crippen LogP contribution < -0.4 is 10.5 Å². The fraction of sp³-hybridized carbons (Fsp3) is 0.407. The maximum absolute atomic E-state index is 14.4. The largest absolute Gasteiger partial charge is 0.367 e. The van der Waals surface area contributed by atoms with Crippen LogP contribution >= 0.6 is 0 Å². The van der Waals surface area contributed by atoms with Crippen molar-refractivity contribution in [1.29, 1.82) is 0 Å². The normalized spacial score (nSPS) is 16.0. The molecule has 4 aromatic rings. The molecule has 1 aliphatic rings. The molecule has 0 radical (unpaired) electrons. The van der Waals surface area contributed by atoms with E-state index in [2.05, 4.69) is 38.4 Å². The van der Waals surface area contributed by atoms with Crippen LogP contribution in [0.1, 0.15) is 49.3 Å². The van der Waals surface area contributed by atoms with Gasteiger partial charge in [-0.25, -0.2) is 9.07 Å². The Balaban J connectivity index is 1.58. The SMILES string of the molecule is Cc1cc2cc(C(c3nnnn3C(C)(C)C)N3CCN(c4ccccc4F)CC3)c(=O)[nH]c2cc1C. The van der Waals surface area contributed by atoms with Crippen molar-refractivity contribution in [2.45, 2.75) is 46.2 Å². The Labute approximate surface area is 209 Å². The van der Waals surface area contributed by atoms with E-state index in [9.17, 15) is 9.18 Å². The number of piperazine rings is 1. The van der Waals surface area contributed by atoms with Gasteiger partial charge >= 0.3 is 0 Å². The third-order valence-corrected chi connectivity index (χ3v) is 7.03. The second-order valence-electron chi connectivity index (χ2n) is 10.6. The second-order valence-corrected chi connectivity index (χ2v) is 10.6. The minimum absolute atomic E-state index is 0.157. The maximum atomic E-state index is 14.4. The highest BCUT2D eigenvalue weighted by Crippen LogP contribution is 2.31. The van der Waals surface area contributed by atoms with Gasteiger partial charge in [-0.3, -0.25) is 9.69 Å². The summed E-state index contributed by atoms with van der Waals surface area (Å²) in [6.07, 6.45) is 0. The molecule has 0 aliphatic carbocycles. The molecule has 3 heterocycles. The number of pyridine rings is 1. The quantitative estimate of drug-likeness (QED) is 0.468. The van der Waals surface area contributed by atoms with E-state index in [-0.39, 0.29) is 16.9 Å². The fourth-order valence-electron chi connectivity index (χ4n) is 4.97. The maximum Gasteiger partial charge on any atom is 0.253 e. The standard InChI is InChI=1S/C27H32FN7O/c1-17-14-19-16-20(26(36)29-22(19)15-18(17)2)24(25-30-31-32-35(25)27(3,4)5)34-12-10-33(11-13-34)23-9-7-6-8-21(23)28/h6-9,14-16,24H,10-13H2,1-5H3,(H,29,36). The van der Waals surface area contributed by atoms with Gasteiger partial charge in [0.2, 0.25) is 0 Å². The highest BCUT2D eigenvalue weighted by Gasteiger charge is 2.35. The summed E-state index contributed by atoms with van der Waals surface area (Å²) < 4.78 is 16.2. The van der Waals surface area contributed by atoms with E-state index < -0.39 is 6.04 Å². The molecule has 2 aromatic heterocycles. The Morgan fingerprint density at radius 1 is 1.00 bits per heavy atom. The summed E-state index contributed by atoms with van der Waals surface area (Å²) in [5.41, 5.74) is 3.77. The molecule has 1 atom stereocenters. The van der Waals surface area contributed by atoms with Crippen LogP contribution in [-0.2, 0) is 5.54 Å². The van der Waals surface area contributed by atoms with Gasteiger partial charge in [-0.15, -0.1) is 5.10 Å². The first-order valence-corrected chi connectivity index (χ1v) is 12.3. The molecule has 1 fully saturated rings. The van der Waals surface area contributed by atoms with E-state index in [0.717, 1.165) is 22.0 Å². The predicted octanol–water partition coefficient (Wildman–Crippen LogP) is 3.94. The minimum Gasteiger partial charge on any atom is -0.367 e. The summed E-state index contributed by atoms with van der Waals surface area (Å²) in [7, 11) is 0. The first kappa shape index (κ1) is 24.1. The average molecular weight is 490 g/mol. The number of para-hydroxylation sites is 1. The van der Waals surface area contributed by atoms with Gasteiger partial charge in [0.15, 0.2) is 5.82 Å². The molecule has 8 nitrogen and oxygen atoms in total. The van der Waals surface area contributed by atoms with E-state index in [1.165, 1.54) is 6.07 Å². The lowest BCUT2D eigenvalue weighted by Gasteiger charge is -2.40. The molecule has 2 aromatic carbocycles. The Morgan fingerprint density at radius 2 is 1.69 bits per heavy atom. The Kier molecular flexibility index (Phi) is 6.12. The minimum atomic E-state index is -0.447. The number of benzene rings is 2. The van der Waals surface area contributed by atoms with Crippen molar-refractivity contribution in [3.63, 3.8) is 0 Å². The van der Waals surface area contributed by atoms with Gasteiger partial charge in [0.1, 0.15) is 11.9 Å². The molecular weight excluding hydrogens is 457 g/mol. The van der Waals surface area contributed by atoms with Gasteiger partial charge < -0.3 is 9.88 Å². The first-order valence-electron chi connectivity index (χ1n) is 12.3. The van der Waals surface area contributed by atoms with Gasteiger partial charge in [-0.1, -0.05) is 12.1 Å². The van der Waals surface area contributed by atoms with E-state index >= 15 is 0 Å². The zero-order chi connectivity index (χ0) is 25.6. The predicted molar refractivity (Wildman–Crippen MR) is 139 cm³/mol. The number of nitrogens with zero attached hydrogens (tertiary/aromatic N) is 6. The lowest BCUT2D eigenvalue weighted by atomic mass is 9.99. The number of hydrogen-bond acceptors (Lipinski definition) is 6. The molecule has 0 spiro atoms. The van der Waals surface area contributed by atoms with Crippen molar-refractivity contribution in [3.8, 4) is 0 Å². The number of rotatable bonds is 4. The molecule has 1 N–H and O–H groups in total. The van der Waals surface area contributed by atoms with Crippen molar-refractivity contribution >= 4 is 16.6 Å². The molecule has 5 rings (SSSR count). The molecule has 0 saturated carbocycles. The number of aromatic amines is 1. The fourth-order valence-corrected chi connectivity index (χ4v) is 4.97. The van der Waals surface area contributed by atoms with Crippen LogP contribution in [-0.4, -0.2) is 56.3 Å². The number of hydrogen-bond donors (Lipinski definition) is 1. The number of halogens is 1. The van der Waals surface area contributed by atoms with E-state index in [0.29, 0.717) is 43.3 Å². The summed E-state index contributed by atoms with van der Waals surface area (Å²) in [4.78, 5) is 20.8. The third-order valence-electron chi connectivity index (χ3n) is 7.03. The van der Waals surface area contributed by atoms with Gasteiger partial charge in [0.05, 0.1) is 11.2 Å². The van der Waals surface area contributed by atoms with Crippen LogP contribution in [0.15, 0.2) is 47.3 Å². The Hall–Kier alpha value is -3.59. The van der Waals surface area contributed by atoms with Crippen LogP contribution in [0.3, 0.4) is 0 Å². The summed E-state index contributed by atoms with van der Waals surface area (Å²) in [5.74, 6) is 0.395. The van der Waals surface area contributed by atoms with Crippen LogP contribution in [0.2, 0.25) is 0 Å². The highest BCUT2D eigenvalue weighted by molar-refractivity contribution is 5.81. The lowest BCUT2D eigenvalue weighted by molar-refractivity contribution is 0.190. The second kappa shape index (κ2) is 9.13. The van der Waals surface area contributed by atoms with Crippen molar-refractivity contribution in [2.24, 2.45) is 0 Å². The first-order chi connectivity index (χ1) is 17.1. The molecular formula is C27H32FN7O. The van der Waals surface area contributed by atoms with Crippen LogP contribution in [0.5, 0.6) is 0 Å². The highest BCUT2D eigenvalue weighted by atomic mass is 19.1. The van der Waals surface area contributed by atoms with Crippen molar-refractivity contribution in [2.75, 3.05) is 31.1 Å². The average Bonchev–Trinajstić information content (AvgIpc) is 3.32. The van der Waals surface area contributed by atoms with Crippen LogP contribution in [0, 0.1) is 19.7 Å². The number of aryl methyl sites for hydroxylation is 2. The number of H-pyrrole nitrogens is 1. The number of anilines is 1. The number of nitrogens with one attached hydrogen (secondary N) is 1. The molecule has 0 bridgehead atoms. The molecule has 9 heteroatoms. The molecule has 36 heavy (non-hydrogen) atoms. The smallest absolute Gasteiger partial charge is 0.253 e. The van der Waals surface area contributed by atoms with Crippen molar-refractivity contribution in [3.05, 3.63) is 81.2 Å². The Bertz CT molecular complexity index is 1460. The number of aromatic nitrogens is 5. The molecule has 1 aliphatic heterocycles. The van der Waals surface area contributed by atoms with E-state index in [4.69, 9.17) is 0 Å². The Morgan fingerprint density at radius 3 is 2.39 bits per heavy atom. The van der Waals surface area contributed by atoms with Gasteiger partial charge in [0.25, 0.3) is 5.56 Å². The molecule has 1 saturated heterocycles. The van der Waals surface area contributed by atoms with E-state index in [1.54, 1.807) is 16.8 Å². The van der Waals surface area contributed by atoms with Gasteiger partial charge in [0, 0.05) is 37.3 Å². The zero-order valence-electron chi connectivity index (χ0n) is 21.4. The van der Waals surface area contributed by atoms with Gasteiger partial charge in [-0.2, -0.15) is 0 Å².